The van der Waals surface area contributed by atoms with Gasteiger partial charge < -0.3 is 10.2 Å². The van der Waals surface area contributed by atoms with E-state index in [9.17, 15) is 4.79 Å². The van der Waals surface area contributed by atoms with Crippen LogP contribution in [0.25, 0.3) is 0 Å². The lowest BCUT2D eigenvalue weighted by Gasteiger charge is -1.99. The molecule has 0 heterocycles. The third-order valence-corrected chi connectivity index (χ3v) is 1.26. The molecule has 1 atom stereocenters. The number of rotatable bonds is 2. The van der Waals surface area contributed by atoms with Gasteiger partial charge in [0.05, 0.1) is 5.03 Å². The van der Waals surface area contributed by atoms with Crippen LogP contribution in [0, 0.1) is 0 Å². The van der Waals surface area contributed by atoms with Gasteiger partial charge in [-0.1, -0.05) is 23.2 Å². The average Bonchev–Trinajstić information content (AvgIpc) is 1.84. The van der Waals surface area contributed by atoms with Crippen molar-refractivity contribution in [3.8, 4) is 0 Å². The molecule has 0 rings (SSSR count). The van der Waals surface area contributed by atoms with Gasteiger partial charge in [0.2, 0.25) is 0 Å². The lowest BCUT2D eigenvalue weighted by molar-refractivity contribution is -0.144. The van der Waals surface area contributed by atoms with Crippen LogP contribution < -0.4 is 0 Å². The first-order chi connectivity index (χ1) is 4.09. The summed E-state index contributed by atoms with van der Waals surface area (Å²) in [5.74, 6) is -1.42. The maximum Gasteiger partial charge on any atom is 0.338 e. The maximum absolute atomic E-state index is 9.87. The standard InChI is InChI=1S/C4H4Cl2O3/c5-1-2(6)3(7)4(8)9/h1,3,7H,(H,8,9). The lowest BCUT2D eigenvalue weighted by Crippen LogP contribution is -2.19. The fraction of sp³-hybridized carbons (Fsp3) is 0.250. The lowest BCUT2D eigenvalue weighted by atomic mass is 10.4. The molecule has 1 unspecified atom stereocenters. The summed E-state index contributed by atoms with van der Waals surface area (Å²) >= 11 is 10.1. The van der Waals surface area contributed by atoms with Crippen LogP contribution >= 0.6 is 23.2 Å². The van der Waals surface area contributed by atoms with Crippen LogP contribution in [0.4, 0.5) is 0 Å². The van der Waals surface area contributed by atoms with Crippen LogP contribution in [-0.4, -0.2) is 22.3 Å². The molecular weight excluding hydrogens is 167 g/mol. The summed E-state index contributed by atoms with van der Waals surface area (Å²) in [5.41, 5.74) is 0.806. The second-order valence-corrected chi connectivity index (χ2v) is 1.89. The van der Waals surface area contributed by atoms with Crippen LogP contribution in [0.5, 0.6) is 0 Å². The molecule has 0 aromatic rings. The molecule has 5 heteroatoms. The number of carbonyl (C=O) groups is 1. The quantitative estimate of drug-likeness (QED) is 0.644. The van der Waals surface area contributed by atoms with Gasteiger partial charge in [0.15, 0.2) is 6.10 Å². The second-order valence-electron chi connectivity index (χ2n) is 1.23. The fourth-order valence-corrected chi connectivity index (χ4v) is 0.390. The first-order valence-corrected chi connectivity index (χ1v) is 2.77. The van der Waals surface area contributed by atoms with E-state index in [1.807, 2.05) is 0 Å². The second kappa shape index (κ2) is 3.71. The molecular formula is C4H4Cl2O3. The Morgan fingerprint density at radius 2 is 2.11 bits per heavy atom. The summed E-state index contributed by atoms with van der Waals surface area (Å²) < 4.78 is 0. The zero-order valence-electron chi connectivity index (χ0n) is 4.21. The van der Waals surface area contributed by atoms with E-state index in [0.717, 1.165) is 5.54 Å². The zero-order valence-corrected chi connectivity index (χ0v) is 5.73. The van der Waals surface area contributed by atoms with Crippen molar-refractivity contribution in [2.45, 2.75) is 6.10 Å². The molecule has 0 fully saturated rings. The van der Waals surface area contributed by atoms with Crippen LogP contribution in [0.2, 0.25) is 0 Å². The fourth-order valence-electron chi connectivity index (χ4n) is 0.178. The Hall–Kier alpha value is -0.250. The van der Waals surface area contributed by atoms with Gasteiger partial charge in [-0.15, -0.1) is 0 Å². The molecule has 9 heavy (non-hydrogen) atoms. The molecule has 0 spiro atoms. The van der Waals surface area contributed by atoms with E-state index in [1.165, 1.54) is 0 Å². The highest BCUT2D eigenvalue weighted by Crippen LogP contribution is 2.08. The highest BCUT2D eigenvalue weighted by atomic mass is 35.5. The Morgan fingerprint density at radius 3 is 2.22 bits per heavy atom. The number of carboxylic acids is 1. The van der Waals surface area contributed by atoms with E-state index in [4.69, 9.17) is 33.4 Å². The van der Waals surface area contributed by atoms with E-state index >= 15 is 0 Å². The third-order valence-electron chi connectivity index (χ3n) is 0.599. The summed E-state index contributed by atoms with van der Waals surface area (Å²) in [6.07, 6.45) is -1.70. The van der Waals surface area contributed by atoms with Gasteiger partial charge in [-0.3, -0.25) is 0 Å². The average molecular weight is 171 g/mol. The van der Waals surface area contributed by atoms with Crippen molar-refractivity contribution >= 4 is 29.2 Å². The Balaban J connectivity index is 4.04. The third kappa shape index (κ3) is 2.70. The van der Waals surface area contributed by atoms with Crippen molar-refractivity contribution < 1.29 is 15.0 Å². The monoisotopic (exact) mass is 170 g/mol. The van der Waals surface area contributed by atoms with Crippen LogP contribution in [0.15, 0.2) is 10.6 Å². The molecule has 0 aromatic carbocycles. The minimum atomic E-state index is -1.70. The number of carboxylic acid groups (broad SMARTS) is 1. The minimum Gasteiger partial charge on any atom is -0.479 e. The first-order valence-electron chi connectivity index (χ1n) is 1.96. The van der Waals surface area contributed by atoms with Crippen molar-refractivity contribution in [2.75, 3.05) is 0 Å². The molecule has 0 aliphatic rings. The first kappa shape index (κ1) is 8.75. The summed E-state index contributed by atoms with van der Waals surface area (Å²) in [5, 5.41) is 16.3. The number of hydrogen-bond acceptors (Lipinski definition) is 2. The van der Waals surface area contributed by atoms with Crippen molar-refractivity contribution in [3.05, 3.63) is 10.6 Å². The van der Waals surface area contributed by atoms with Crippen molar-refractivity contribution in [1.29, 1.82) is 0 Å². The zero-order chi connectivity index (χ0) is 7.44. The summed E-state index contributed by atoms with van der Waals surface area (Å²) in [6, 6.07) is 0. The van der Waals surface area contributed by atoms with Crippen LogP contribution in [0.3, 0.4) is 0 Å². The number of hydrogen-bond donors (Lipinski definition) is 2. The van der Waals surface area contributed by atoms with Gasteiger partial charge in [-0.25, -0.2) is 4.79 Å². The highest BCUT2D eigenvalue weighted by Gasteiger charge is 2.15. The Labute approximate surface area is 61.5 Å². The van der Waals surface area contributed by atoms with E-state index in [0.29, 0.717) is 0 Å². The predicted octanol–water partition coefficient (Wildman–Crippen LogP) is 0.751. The minimum absolute atomic E-state index is 0.302. The Kier molecular flexibility index (Phi) is 3.61. The van der Waals surface area contributed by atoms with Gasteiger partial charge in [0.25, 0.3) is 0 Å². The molecule has 0 saturated heterocycles. The molecule has 0 saturated carbocycles. The molecule has 0 aliphatic heterocycles. The van der Waals surface area contributed by atoms with Crippen molar-refractivity contribution in [1.82, 2.24) is 0 Å². The van der Waals surface area contributed by atoms with Gasteiger partial charge in [-0.05, 0) is 0 Å². The molecule has 0 bridgehead atoms. The van der Waals surface area contributed by atoms with Crippen molar-refractivity contribution in [3.63, 3.8) is 0 Å². The molecule has 0 aliphatic carbocycles. The Bertz CT molecular complexity index is 143. The molecule has 3 nitrogen and oxygen atoms in total. The van der Waals surface area contributed by atoms with Gasteiger partial charge in [-0.2, -0.15) is 0 Å². The predicted molar refractivity (Wildman–Crippen MR) is 33.4 cm³/mol. The van der Waals surface area contributed by atoms with E-state index in [-0.39, 0.29) is 5.03 Å². The SMILES string of the molecule is O=C(O)C(O)C(Cl)=CCl. The number of aliphatic hydroxyl groups is 1. The van der Waals surface area contributed by atoms with Crippen molar-refractivity contribution in [2.24, 2.45) is 0 Å². The highest BCUT2D eigenvalue weighted by molar-refractivity contribution is 6.37. The summed E-state index contributed by atoms with van der Waals surface area (Å²) in [4.78, 5) is 9.87. The van der Waals surface area contributed by atoms with Crippen LogP contribution in [0.1, 0.15) is 0 Å². The Morgan fingerprint density at radius 1 is 1.67 bits per heavy atom. The topological polar surface area (TPSA) is 57.5 Å². The normalized spacial score (nSPS) is 15.2. The van der Waals surface area contributed by atoms with E-state index < -0.39 is 12.1 Å². The molecule has 0 aromatic heterocycles. The van der Waals surface area contributed by atoms with Gasteiger partial charge in [0.1, 0.15) is 0 Å². The molecule has 0 radical (unpaired) electrons. The van der Waals surface area contributed by atoms with Crippen LogP contribution in [-0.2, 0) is 4.79 Å². The van der Waals surface area contributed by atoms with E-state index in [2.05, 4.69) is 0 Å². The maximum atomic E-state index is 9.87. The number of aliphatic carboxylic acids is 1. The summed E-state index contributed by atoms with van der Waals surface area (Å²) in [6.45, 7) is 0. The summed E-state index contributed by atoms with van der Waals surface area (Å²) in [7, 11) is 0. The number of halogens is 2. The molecule has 2 N–H and O–H groups in total. The van der Waals surface area contributed by atoms with Gasteiger partial charge >= 0.3 is 5.97 Å². The largest absolute Gasteiger partial charge is 0.479 e. The van der Waals surface area contributed by atoms with Gasteiger partial charge in [0, 0.05) is 5.54 Å². The number of aliphatic hydroxyl groups excluding tert-OH is 1. The smallest absolute Gasteiger partial charge is 0.338 e. The molecule has 0 amide bonds. The van der Waals surface area contributed by atoms with E-state index in [1.54, 1.807) is 0 Å². The molecule has 52 valence electrons.